The molecule has 1 unspecified atom stereocenters. The van der Waals surface area contributed by atoms with Crippen molar-refractivity contribution in [2.75, 3.05) is 33.4 Å². The lowest BCUT2D eigenvalue weighted by atomic mass is 9.95. The van der Waals surface area contributed by atoms with Gasteiger partial charge in [0.1, 0.15) is 5.54 Å². The van der Waals surface area contributed by atoms with Gasteiger partial charge in [-0.05, 0) is 45.1 Å². The summed E-state index contributed by atoms with van der Waals surface area (Å²) in [6.07, 6.45) is 3.77. The first-order valence-corrected chi connectivity index (χ1v) is 8.10. The van der Waals surface area contributed by atoms with Crippen molar-refractivity contribution in [2.45, 2.75) is 58.0 Å². The number of rotatable bonds is 12. The summed E-state index contributed by atoms with van der Waals surface area (Å²) in [6, 6.07) is 0.409. The molecule has 0 aromatic carbocycles. The van der Waals surface area contributed by atoms with Crippen LogP contribution in [0.15, 0.2) is 0 Å². The van der Waals surface area contributed by atoms with Crippen LogP contribution in [0.4, 0.5) is 0 Å². The summed E-state index contributed by atoms with van der Waals surface area (Å²) in [5.74, 6) is -0.126. The van der Waals surface area contributed by atoms with Crippen LogP contribution < -0.4 is 5.32 Å². The van der Waals surface area contributed by atoms with Gasteiger partial charge in [0.25, 0.3) is 0 Å². The summed E-state index contributed by atoms with van der Waals surface area (Å²) in [5, 5.41) is 12.7. The number of nitrogens with one attached hydrogen (secondary N) is 1. The molecule has 21 heavy (non-hydrogen) atoms. The molecule has 0 spiro atoms. The summed E-state index contributed by atoms with van der Waals surface area (Å²) in [6.45, 7) is 9.82. The van der Waals surface area contributed by atoms with E-state index in [1.165, 1.54) is 0 Å². The molecule has 0 amide bonds. The Bertz CT molecular complexity index is 319. The van der Waals surface area contributed by atoms with Gasteiger partial charge in [0.2, 0.25) is 0 Å². The quantitative estimate of drug-likeness (QED) is 0.577. The number of hydrogen-bond donors (Lipinski definition) is 2. The molecule has 5 heteroatoms. The third kappa shape index (κ3) is 7.25. The molecular weight excluding hydrogens is 268 g/mol. The van der Waals surface area contributed by atoms with Crippen molar-refractivity contribution in [2.24, 2.45) is 5.92 Å². The topological polar surface area (TPSA) is 61.8 Å². The molecule has 5 nitrogen and oxygen atoms in total. The number of aliphatic carboxylic acids is 1. The molecular formula is C16H32N2O3. The van der Waals surface area contributed by atoms with Crippen LogP contribution in [0, 0.1) is 5.92 Å². The highest BCUT2D eigenvalue weighted by Gasteiger charge is 2.37. The van der Waals surface area contributed by atoms with Gasteiger partial charge in [-0.2, -0.15) is 0 Å². The van der Waals surface area contributed by atoms with Gasteiger partial charge in [-0.15, -0.1) is 0 Å². The van der Waals surface area contributed by atoms with E-state index >= 15 is 0 Å². The fraction of sp³-hybridized carbons (Fsp3) is 0.938. The zero-order chi connectivity index (χ0) is 15.9. The highest BCUT2D eigenvalue weighted by atomic mass is 16.5. The van der Waals surface area contributed by atoms with E-state index in [0.717, 1.165) is 45.5 Å². The molecule has 0 aliphatic heterocycles. The molecule has 0 aromatic rings. The summed E-state index contributed by atoms with van der Waals surface area (Å²) < 4.78 is 5.15. The van der Waals surface area contributed by atoms with Crippen LogP contribution in [0.3, 0.4) is 0 Å². The lowest BCUT2D eigenvalue weighted by Crippen LogP contribution is -2.51. The van der Waals surface area contributed by atoms with E-state index in [9.17, 15) is 9.90 Å². The molecule has 1 saturated carbocycles. The van der Waals surface area contributed by atoms with E-state index in [4.69, 9.17) is 4.74 Å². The second-order valence-corrected chi connectivity index (χ2v) is 6.85. The molecule has 1 fully saturated rings. The Hall–Kier alpha value is -0.650. The van der Waals surface area contributed by atoms with Crippen molar-refractivity contribution < 1.29 is 14.6 Å². The largest absolute Gasteiger partial charge is 0.480 e. The Kier molecular flexibility index (Phi) is 7.63. The predicted octanol–water partition coefficient (Wildman–Crippen LogP) is 1.97. The van der Waals surface area contributed by atoms with Crippen LogP contribution in [0.2, 0.25) is 0 Å². The highest BCUT2D eigenvalue weighted by molar-refractivity contribution is 5.78. The van der Waals surface area contributed by atoms with Crippen LogP contribution in [-0.4, -0.2) is 60.9 Å². The molecule has 124 valence electrons. The molecule has 0 bridgehead atoms. The molecule has 1 aliphatic rings. The van der Waals surface area contributed by atoms with Crippen LogP contribution in [0.1, 0.15) is 46.5 Å². The minimum Gasteiger partial charge on any atom is -0.480 e. The number of carboxylic acid groups (broad SMARTS) is 1. The highest BCUT2D eigenvalue weighted by Crippen LogP contribution is 2.25. The van der Waals surface area contributed by atoms with Gasteiger partial charge < -0.3 is 14.7 Å². The van der Waals surface area contributed by atoms with Gasteiger partial charge in [0.15, 0.2) is 0 Å². The fourth-order valence-electron chi connectivity index (χ4n) is 2.61. The molecule has 0 heterocycles. The third-order valence-corrected chi connectivity index (χ3v) is 3.96. The van der Waals surface area contributed by atoms with Gasteiger partial charge in [-0.3, -0.25) is 10.1 Å². The first-order chi connectivity index (χ1) is 9.87. The van der Waals surface area contributed by atoms with Crippen LogP contribution in [-0.2, 0) is 9.53 Å². The molecule has 1 rings (SSSR count). The normalized spacial score (nSPS) is 18.2. The average Bonchev–Trinajstić information content (AvgIpc) is 3.18. The molecule has 0 radical (unpaired) electrons. The van der Waals surface area contributed by atoms with E-state index in [-0.39, 0.29) is 0 Å². The lowest BCUT2D eigenvalue weighted by molar-refractivity contribution is -0.144. The molecule has 0 aromatic heterocycles. The van der Waals surface area contributed by atoms with Gasteiger partial charge >= 0.3 is 5.97 Å². The SMILES string of the molecule is COCCN(CCCC(C)(NC1CC1)C(=O)O)CC(C)C. The Labute approximate surface area is 129 Å². The van der Waals surface area contributed by atoms with E-state index in [1.54, 1.807) is 7.11 Å². The van der Waals surface area contributed by atoms with Crippen molar-refractivity contribution >= 4 is 5.97 Å². The van der Waals surface area contributed by atoms with Crippen molar-refractivity contribution in [3.63, 3.8) is 0 Å². The third-order valence-electron chi connectivity index (χ3n) is 3.96. The van der Waals surface area contributed by atoms with E-state index in [2.05, 4.69) is 24.1 Å². The first-order valence-electron chi connectivity index (χ1n) is 8.10. The average molecular weight is 300 g/mol. The van der Waals surface area contributed by atoms with Gasteiger partial charge in [0, 0.05) is 26.2 Å². The Morgan fingerprint density at radius 3 is 2.57 bits per heavy atom. The van der Waals surface area contributed by atoms with E-state index in [0.29, 0.717) is 18.4 Å². The van der Waals surface area contributed by atoms with Crippen molar-refractivity contribution in [1.29, 1.82) is 0 Å². The summed E-state index contributed by atoms with van der Waals surface area (Å²) in [5.41, 5.74) is -0.786. The maximum Gasteiger partial charge on any atom is 0.323 e. The first kappa shape index (κ1) is 18.4. The number of hydrogen-bond acceptors (Lipinski definition) is 4. The Morgan fingerprint density at radius 2 is 2.10 bits per heavy atom. The second kappa shape index (κ2) is 8.71. The molecule has 1 atom stereocenters. The van der Waals surface area contributed by atoms with Crippen LogP contribution in [0.25, 0.3) is 0 Å². The van der Waals surface area contributed by atoms with Crippen molar-refractivity contribution in [3.05, 3.63) is 0 Å². The predicted molar refractivity (Wildman–Crippen MR) is 84.6 cm³/mol. The smallest absolute Gasteiger partial charge is 0.323 e. The fourth-order valence-corrected chi connectivity index (χ4v) is 2.61. The number of ether oxygens (including phenoxy) is 1. The molecule has 0 saturated heterocycles. The minimum absolute atomic E-state index is 0.409. The standard InChI is InChI=1S/C16H32N2O3/c1-13(2)12-18(10-11-21-4)9-5-8-16(3,15(19)20)17-14-6-7-14/h13-14,17H,5-12H2,1-4H3,(H,19,20). The van der Waals surface area contributed by atoms with E-state index < -0.39 is 11.5 Å². The van der Waals surface area contributed by atoms with Crippen LogP contribution in [0.5, 0.6) is 0 Å². The van der Waals surface area contributed by atoms with Gasteiger partial charge in [-0.1, -0.05) is 13.8 Å². The minimum atomic E-state index is -0.786. The Morgan fingerprint density at radius 1 is 1.43 bits per heavy atom. The molecule has 1 aliphatic carbocycles. The molecule has 2 N–H and O–H groups in total. The zero-order valence-electron chi connectivity index (χ0n) is 14.0. The van der Waals surface area contributed by atoms with Crippen LogP contribution >= 0.6 is 0 Å². The number of carbonyl (C=O) groups is 1. The monoisotopic (exact) mass is 300 g/mol. The maximum atomic E-state index is 11.5. The van der Waals surface area contributed by atoms with E-state index in [1.807, 2.05) is 6.92 Å². The summed E-state index contributed by atoms with van der Waals surface area (Å²) in [4.78, 5) is 13.9. The second-order valence-electron chi connectivity index (χ2n) is 6.85. The maximum absolute atomic E-state index is 11.5. The number of methoxy groups -OCH3 is 1. The lowest BCUT2D eigenvalue weighted by Gasteiger charge is -2.29. The van der Waals surface area contributed by atoms with Gasteiger partial charge in [-0.25, -0.2) is 0 Å². The summed E-state index contributed by atoms with van der Waals surface area (Å²) >= 11 is 0. The summed E-state index contributed by atoms with van der Waals surface area (Å²) in [7, 11) is 1.72. The van der Waals surface area contributed by atoms with Crippen molar-refractivity contribution in [1.82, 2.24) is 10.2 Å². The number of carboxylic acids is 1. The van der Waals surface area contributed by atoms with Gasteiger partial charge in [0.05, 0.1) is 6.61 Å². The zero-order valence-corrected chi connectivity index (χ0v) is 14.0. The van der Waals surface area contributed by atoms with Crippen molar-refractivity contribution in [3.8, 4) is 0 Å². The Balaban J connectivity index is 2.39. The number of nitrogens with zero attached hydrogens (tertiary/aromatic N) is 1.